The molecule has 0 saturated heterocycles. The molecule has 2 N–H and O–H groups in total. The van der Waals surface area contributed by atoms with Crippen molar-refractivity contribution < 1.29 is 0 Å². The van der Waals surface area contributed by atoms with E-state index in [4.69, 9.17) is 5.73 Å². The zero-order valence-corrected chi connectivity index (χ0v) is 14.4. The molecule has 2 heteroatoms. The van der Waals surface area contributed by atoms with Crippen molar-refractivity contribution in [2.24, 2.45) is 11.7 Å². The third-order valence-corrected chi connectivity index (χ3v) is 5.95. The molecule has 0 amide bonds. The first-order valence-electron chi connectivity index (χ1n) is 9.64. The van der Waals surface area contributed by atoms with E-state index in [1.165, 1.54) is 77.2 Å². The van der Waals surface area contributed by atoms with E-state index in [-0.39, 0.29) is 0 Å². The molecule has 3 rings (SSSR count). The molecule has 0 aromatic rings. The van der Waals surface area contributed by atoms with Gasteiger partial charge in [-0.15, -0.1) is 0 Å². The van der Waals surface area contributed by atoms with Crippen molar-refractivity contribution in [2.75, 3.05) is 6.54 Å². The Hall–Kier alpha value is -0.760. The van der Waals surface area contributed by atoms with Gasteiger partial charge >= 0.3 is 0 Å². The number of allylic oxidation sites excluding steroid dienone is 3. The maximum Gasteiger partial charge on any atom is 0.0352 e. The molecule has 1 aliphatic heterocycles. The van der Waals surface area contributed by atoms with Crippen LogP contribution < -0.4 is 5.73 Å². The summed E-state index contributed by atoms with van der Waals surface area (Å²) in [5.74, 6) is 0.893. The van der Waals surface area contributed by atoms with Crippen LogP contribution in [-0.2, 0) is 0 Å². The Bertz CT molecular complexity index is 421. The minimum Gasteiger partial charge on any atom is -0.371 e. The lowest BCUT2D eigenvalue weighted by molar-refractivity contribution is 0.169. The van der Waals surface area contributed by atoms with Crippen LogP contribution in [0.3, 0.4) is 0 Å². The molecule has 2 aliphatic carbocycles. The summed E-state index contributed by atoms with van der Waals surface area (Å²) in [5, 5.41) is 0. The largest absolute Gasteiger partial charge is 0.371 e. The fraction of sp³-hybridized carbons (Fsp3) is 0.800. The Morgan fingerprint density at radius 3 is 2.82 bits per heavy atom. The van der Waals surface area contributed by atoms with Crippen LogP contribution in [0.15, 0.2) is 23.4 Å². The first-order chi connectivity index (χ1) is 10.8. The van der Waals surface area contributed by atoms with Crippen LogP contribution in [0.2, 0.25) is 0 Å². The summed E-state index contributed by atoms with van der Waals surface area (Å²) in [4.78, 5) is 2.86. The van der Waals surface area contributed by atoms with E-state index >= 15 is 0 Å². The fourth-order valence-electron chi connectivity index (χ4n) is 4.73. The van der Waals surface area contributed by atoms with Gasteiger partial charge in [0.1, 0.15) is 0 Å². The van der Waals surface area contributed by atoms with Crippen LogP contribution in [-0.4, -0.2) is 23.5 Å². The Balaban J connectivity index is 1.71. The average molecular weight is 303 g/mol. The Kier molecular flexibility index (Phi) is 5.62. The molecule has 3 atom stereocenters. The summed E-state index contributed by atoms with van der Waals surface area (Å²) < 4.78 is 0. The van der Waals surface area contributed by atoms with Gasteiger partial charge in [-0.05, 0) is 77.0 Å². The van der Waals surface area contributed by atoms with Crippen LogP contribution in [0.5, 0.6) is 0 Å². The number of unbranched alkanes of at least 4 members (excludes halogenated alkanes) is 1. The first kappa shape index (κ1) is 16.1. The van der Waals surface area contributed by atoms with E-state index in [1.807, 2.05) is 5.57 Å². The monoisotopic (exact) mass is 302 g/mol. The second-order valence-electron chi connectivity index (χ2n) is 7.73. The Morgan fingerprint density at radius 2 is 1.95 bits per heavy atom. The molecule has 22 heavy (non-hydrogen) atoms. The molecule has 124 valence electrons. The van der Waals surface area contributed by atoms with Gasteiger partial charge in [0, 0.05) is 24.3 Å². The Labute approximate surface area is 136 Å². The molecule has 0 spiro atoms. The van der Waals surface area contributed by atoms with Crippen LogP contribution in [0.25, 0.3) is 0 Å². The van der Waals surface area contributed by atoms with Crippen molar-refractivity contribution in [1.29, 1.82) is 0 Å². The molecule has 0 aromatic carbocycles. The molecular formula is C20H34N2. The van der Waals surface area contributed by atoms with Crippen LogP contribution in [0.4, 0.5) is 0 Å². The molecule has 0 fully saturated rings. The lowest BCUT2D eigenvalue weighted by Crippen LogP contribution is -2.41. The van der Waals surface area contributed by atoms with Crippen LogP contribution in [0, 0.1) is 5.92 Å². The van der Waals surface area contributed by atoms with E-state index in [9.17, 15) is 0 Å². The summed E-state index contributed by atoms with van der Waals surface area (Å²) in [6.07, 6.45) is 19.6. The second-order valence-corrected chi connectivity index (χ2v) is 7.73. The third-order valence-electron chi connectivity index (χ3n) is 5.95. The summed E-state index contributed by atoms with van der Waals surface area (Å²) in [6.45, 7) is 3.40. The SMILES string of the molecule is C[C@@H](N)CCCCN1C2=C(CCCC2)CCC2CC=CCC21. The van der Waals surface area contributed by atoms with Gasteiger partial charge < -0.3 is 10.6 Å². The van der Waals surface area contributed by atoms with E-state index in [2.05, 4.69) is 24.0 Å². The summed E-state index contributed by atoms with van der Waals surface area (Å²) in [5.41, 5.74) is 9.49. The standard InChI is InChI=1S/C20H34N2/c1-16(21)8-6-7-15-22-19-11-4-2-9-17(19)13-14-18-10-3-5-12-20(18)22/h2,4,16-17,19H,3,5-15,21H2,1H3/t16-,17?,19?/m1/s1. The minimum absolute atomic E-state index is 0.360. The first-order valence-corrected chi connectivity index (χ1v) is 9.64. The predicted molar refractivity (Wildman–Crippen MR) is 94.6 cm³/mol. The molecule has 0 radical (unpaired) electrons. The number of hydrogen-bond acceptors (Lipinski definition) is 2. The van der Waals surface area contributed by atoms with Crippen molar-refractivity contribution in [2.45, 2.75) is 89.6 Å². The number of nitrogens with two attached hydrogens (primary N) is 1. The molecule has 0 aromatic heterocycles. The highest BCUT2D eigenvalue weighted by Crippen LogP contribution is 2.41. The van der Waals surface area contributed by atoms with Crippen molar-refractivity contribution in [3.8, 4) is 0 Å². The molecule has 1 heterocycles. The molecule has 2 unspecified atom stereocenters. The zero-order valence-electron chi connectivity index (χ0n) is 14.4. The van der Waals surface area contributed by atoms with E-state index < -0.39 is 0 Å². The van der Waals surface area contributed by atoms with Gasteiger partial charge in [-0.2, -0.15) is 0 Å². The van der Waals surface area contributed by atoms with Gasteiger partial charge in [0.15, 0.2) is 0 Å². The average Bonchev–Trinajstić information content (AvgIpc) is 2.69. The quantitative estimate of drug-likeness (QED) is 0.586. The molecule has 0 saturated carbocycles. The van der Waals surface area contributed by atoms with Gasteiger partial charge in [0.25, 0.3) is 0 Å². The molecule has 2 nitrogen and oxygen atoms in total. The van der Waals surface area contributed by atoms with Gasteiger partial charge in [-0.1, -0.05) is 24.1 Å². The number of nitrogens with zero attached hydrogens (tertiary/aromatic N) is 1. The smallest absolute Gasteiger partial charge is 0.0352 e. The van der Waals surface area contributed by atoms with Crippen molar-refractivity contribution >= 4 is 0 Å². The van der Waals surface area contributed by atoms with E-state index in [0.717, 1.165) is 12.0 Å². The van der Waals surface area contributed by atoms with Gasteiger partial charge in [-0.25, -0.2) is 0 Å². The minimum atomic E-state index is 0.360. The third kappa shape index (κ3) is 3.76. The number of hydrogen-bond donors (Lipinski definition) is 1. The molecule has 3 aliphatic rings. The Morgan fingerprint density at radius 1 is 1.14 bits per heavy atom. The molecule has 0 bridgehead atoms. The molecular weight excluding hydrogens is 268 g/mol. The highest BCUT2D eigenvalue weighted by atomic mass is 15.2. The maximum absolute atomic E-state index is 5.92. The van der Waals surface area contributed by atoms with E-state index in [1.54, 1.807) is 5.70 Å². The van der Waals surface area contributed by atoms with Gasteiger partial charge in [0.05, 0.1) is 0 Å². The number of rotatable bonds is 5. The van der Waals surface area contributed by atoms with Gasteiger partial charge in [-0.3, -0.25) is 0 Å². The summed E-state index contributed by atoms with van der Waals surface area (Å²) >= 11 is 0. The van der Waals surface area contributed by atoms with Crippen LogP contribution >= 0.6 is 0 Å². The number of fused-ring (bicyclic) bond motifs is 1. The normalized spacial score (nSPS) is 29.8. The summed E-state index contributed by atoms with van der Waals surface area (Å²) in [6, 6.07) is 1.14. The zero-order chi connectivity index (χ0) is 15.4. The van der Waals surface area contributed by atoms with Crippen molar-refractivity contribution in [3.05, 3.63) is 23.4 Å². The lowest BCUT2D eigenvalue weighted by Gasteiger charge is -2.41. The highest BCUT2D eigenvalue weighted by molar-refractivity contribution is 5.21. The van der Waals surface area contributed by atoms with Crippen LogP contribution in [0.1, 0.15) is 77.6 Å². The van der Waals surface area contributed by atoms with Gasteiger partial charge in [0.2, 0.25) is 0 Å². The predicted octanol–water partition coefficient (Wildman–Crippen LogP) is 4.76. The fourth-order valence-corrected chi connectivity index (χ4v) is 4.73. The lowest BCUT2D eigenvalue weighted by atomic mass is 9.85. The maximum atomic E-state index is 5.92. The van der Waals surface area contributed by atoms with Crippen molar-refractivity contribution in [3.63, 3.8) is 0 Å². The van der Waals surface area contributed by atoms with E-state index in [0.29, 0.717) is 6.04 Å². The highest BCUT2D eigenvalue weighted by Gasteiger charge is 2.33. The topological polar surface area (TPSA) is 29.3 Å². The second kappa shape index (κ2) is 7.68. The summed E-state index contributed by atoms with van der Waals surface area (Å²) in [7, 11) is 0. The van der Waals surface area contributed by atoms with Crippen molar-refractivity contribution in [1.82, 2.24) is 4.90 Å².